The fourth-order valence-corrected chi connectivity index (χ4v) is 3.60. The van der Waals surface area contributed by atoms with Crippen LogP contribution in [-0.2, 0) is 4.79 Å². The van der Waals surface area contributed by atoms with Crippen LogP contribution < -0.4 is 5.32 Å². The number of nitrogens with zero attached hydrogens (tertiary/aromatic N) is 3. The van der Waals surface area contributed by atoms with Crippen LogP contribution in [0.1, 0.15) is 16.7 Å². The monoisotopic (exact) mass is 396 g/mol. The van der Waals surface area contributed by atoms with E-state index in [-0.39, 0.29) is 17.3 Å². The van der Waals surface area contributed by atoms with E-state index in [1.165, 1.54) is 29.5 Å². The van der Waals surface area contributed by atoms with Gasteiger partial charge in [-0.25, -0.2) is 4.98 Å². The molecule has 144 valence electrons. The minimum atomic E-state index is -0.482. The molecule has 8 heteroatoms. The third-order valence-corrected chi connectivity index (χ3v) is 5.22. The lowest BCUT2D eigenvalue weighted by molar-refractivity contribution is -0.384. The normalized spacial score (nSPS) is 10.7. The number of nitro groups is 1. The van der Waals surface area contributed by atoms with Gasteiger partial charge in [0.05, 0.1) is 22.1 Å². The number of carbonyl (C=O) groups excluding carboxylic acids is 1. The van der Waals surface area contributed by atoms with E-state index in [0.29, 0.717) is 10.8 Å². The van der Waals surface area contributed by atoms with E-state index in [2.05, 4.69) is 16.4 Å². The number of benzene rings is 2. The highest BCUT2D eigenvalue weighted by Gasteiger charge is 2.13. The van der Waals surface area contributed by atoms with Crippen LogP contribution in [0, 0.1) is 30.9 Å². The number of imidazole rings is 1. The van der Waals surface area contributed by atoms with Crippen LogP contribution in [0.5, 0.6) is 0 Å². The molecule has 28 heavy (non-hydrogen) atoms. The van der Waals surface area contributed by atoms with Crippen molar-refractivity contribution in [3.8, 4) is 5.69 Å². The maximum atomic E-state index is 12.4. The number of thioether (sulfide) groups is 1. The number of non-ortho nitro benzene ring substituents is 1. The zero-order valence-electron chi connectivity index (χ0n) is 15.8. The maximum absolute atomic E-state index is 12.4. The minimum absolute atomic E-state index is 0.0565. The molecule has 1 heterocycles. The Labute approximate surface area is 166 Å². The number of aromatic nitrogens is 2. The molecular weight excluding hydrogens is 376 g/mol. The van der Waals surface area contributed by atoms with E-state index >= 15 is 0 Å². The summed E-state index contributed by atoms with van der Waals surface area (Å²) in [5.74, 6) is -0.104. The minimum Gasteiger partial charge on any atom is -0.325 e. The van der Waals surface area contributed by atoms with Gasteiger partial charge >= 0.3 is 0 Å². The number of nitrogens with one attached hydrogen (secondary N) is 1. The molecule has 0 radical (unpaired) electrons. The summed E-state index contributed by atoms with van der Waals surface area (Å²) < 4.78 is 1.95. The molecule has 3 aromatic rings. The Morgan fingerprint density at radius 1 is 1.18 bits per heavy atom. The Bertz CT molecular complexity index is 1050. The van der Waals surface area contributed by atoms with Crippen molar-refractivity contribution < 1.29 is 9.72 Å². The zero-order valence-corrected chi connectivity index (χ0v) is 16.6. The van der Waals surface area contributed by atoms with Crippen molar-refractivity contribution >= 4 is 29.0 Å². The van der Waals surface area contributed by atoms with Crippen LogP contribution in [0.25, 0.3) is 5.69 Å². The summed E-state index contributed by atoms with van der Waals surface area (Å²) in [7, 11) is 0. The molecule has 0 aliphatic carbocycles. The summed E-state index contributed by atoms with van der Waals surface area (Å²) >= 11 is 1.31. The number of amides is 1. The van der Waals surface area contributed by atoms with Crippen molar-refractivity contribution in [2.45, 2.75) is 25.9 Å². The first-order valence-electron chi connectivity index (χ1n) is 8.64. The molecule has 7 nitrogen and oxygen atoms in total. The molecule has 0 aliphatic rings. The van der Waals surface area contributed by atoms with Gasteiger partial charge in [-0.15, -0.1) is 0 Å². The lowest BCUT2D eigenvalue weighted by Gasteiger charge is -2.11. The van der Waals surface area contributed by atoms with Crippen molar-refractivity contribution in [3.63, 3.8) is 0 Å². The molecule has 2 aromatic carbocycles. The van der Waals surface area contributed by atoms with Crippen LogP contribution in [0.4, 0.5) is 11.4 Å². The third kappa shape index (κ3) is 4.40. The second-order valence-corrected chi connectivity index (χ2v) is 7.41. The molecule has 0 saturated heterocycles. The Kier molecular flexibility index (Phi) is 5.79. The van der Waals surface area contributed by atoms with Gasteiger partial charge in [-0.05, 0) is 38.0 Å². The molecule has 3 rings (SSSR count). The van der Waals surface area contributed by atoms with Gasteiger partial charge in [0.25, 0.3) is 5.69 Å². The molecule has 0 fully saturated rings. The summed E-state index contributed by atoms with van der Waals surface area (Å²) in [6.07, 6.45) is 3.56. The Balaban J connectivity index is 1.70. The maximum Gasteiger partial charge on any atom is 0.271 e. The highest BCUT2D eigenvalue weighted by molar-refractivity contribution is 7.99. The van der Waals surface area contributed by atoms with Gasteiger partial charge in [0.15, 0.2) is 5.16 Å². The van der Waals surface area contributed by atoms with Gasteiger partial charge in [0, 0.05) is 24.5 Å². The fraction of sp³-hybridized carbons (Fsp3) is 0.200. The van der Waals surface area contributed by atoms with Gasteiger partial charge in [0.1, 0.15) is 0 Å². The van der Waals surface area contributed by atoms with E-state index in [1.54, 1.807) is 19.2 Å². The standard InChI is InChI=1S/C20H20N4O3S/c1-13-4-7-18(15(3)10-13)23-9-8-21-20(23)28-12-19(25)22-17-11-16(24(26)27)6-5-14(17)2/h4-11H,12H2,1-3H3,(H,22,25). The Morgan fingerprint density at radius 2 is 1.96 bits per heavy atom. The van der Waals surface area contributed by atoms with E-state index in [1.807, 2.05) is 36.7 Å². The smallest absolute Gasteiger partial charge is 0.271 e. The first kappa shape index (κ1) is 19.6. The Morgan fingerprint density at radius 3 is 2.68 bits per heavy atom. The number of aryl methyl sites for hydroxylation is 3. The summed E-state index contributed by atoms with van der Waals surface area (Å²) in [5.41, 5.74) is 4.47. The number of rotatable bonds is 6. The van der Waals surface area contributed by atoms with Gasteiger partial charge in [0.2, 0.25) is 5.91 Å². The highest BCUT2D eigenvalue weighted by Crippen LogP contribution is 2.25. The van der Waals surface area contributed by atoms with E-state index in [9.17, 15) is 14.9 Å². The summed E-state index contributed by atoms with van der Waals surface area (Å²) in [4.78, 5) is 27.2. The molecule has 0 aliphatic heterocycles. The van der Waals surface area contributed by atoms with Gasteiger partial charge in [-0.3, -0.25) is 19.5 Å². The van der Waals surface area contributed by atoms with Crippen LogP contribution in [0.3, 0.4) is 0 Å². The van der Waals surface area contributed by atoms with Gasteiger partial charge in [-0.2, -0.15) is 0 Å². The second kappa shape index (κ2) is 8.26. The molecular formula is C20H20N4O3S. The predicted molar refractivity (Wildman–Crippen MR) is 110 cm³/mol. The van der Waals surface area contributed by atoms with E-state index in [0.717, 1.165) is 16.8 Å². The SMILES string of the molecule is Cc1ccc(-n2ccnc2SCC(=O)Nc2cc([N+](=O)[O-])ccc2C)c(C)c1. The van der Waals surface area contributed by atoms with Crippen LogP contribution >= 0.6 is 11.8 Å². The van der Waals surface area contributed by atoms with E-state index in [4.69, 9.17) is 0 Å². The number of anilines is 1. The van der Waals surface area contributed by atoms with Crippen LogP contribution in [-0.4, -0.2) is 26.1 Å². The quantitative estimate of drug-likeness (QED) is 0.378. The van der Waals surface area contributed by atoms with Gasteiger partial charge < -0.3 is 5.32 Å². The third-order valence-electron chi connectivity index (χ3n) is 4.26. The highest BCUT2D eigenvalue weighted by atomic mass is 32.2. The van der Waals surface area contributed by atoms with Crippen LogP contribution in [0.15, 0.2) is 53.9 Å². The first-order chi connectivity index (χ1) is 13.3. The predicted octanol–water partition coefficient (Wildman–Crippen LogP) is 4.44. The molecule has 0 saturated carbocycles. The van der Waals surface area contributed by atoms with Crippen molar-refractivity contribution in [3.05, 3.63) is 75.6 Å². The zero-order chi connectivity index (χ0) is 20.3. The average Bonchev–Trinajstić information content (AvgIpc) is 3.10. The summed E-state index contributed by atoms with van der Waals surface area (Å²) in [6, 6.07) is 10.6. The molecule has 1 N–H and O–H groups in total. The topological polar surface area (TPSA) is 90.1 Å². The van der Waals surface area contributed by atoms with Crippen molar-refractivity contribution in [1.82, 2.24) is 9.55 Å². The van der Waals surface area contributed by atoms with Crippen molar-refractivity contribution in [2.75, 3.05) is 11.1 Å². The number of hydrogen-bond acceptors (Lipinski definition) is 5. The molecule has 1 aromatic heterocycles. The fourth-order valence-electron chi connectivity index (χ4n) is 2.83. The Hall–Kier alpha value is -3.13. The first-order valence-corrected chi connectivity index (χ1v) is 9.62. The number of hydrogen-bond donors (Lipinski definition) is 1. The molecule has 0 bridgehead atoms. The molecule has 0 atom stereocenters. The second-order valence-electron chi connectivity index (χ2n) is 6.46. The van der Waals surface area contributed by atoms with Crippen molar-refractivity contribution in [1.29, 1.82) is 0 Å². The molecule has 0 unspecified atom stereocenters. The van der Waals surface area contributed by atoms with Crippen LogP contribution in [0.2, 0.25) is 0 Å². The number of nitro benzene ring substituents is 1. The lowest BCUT2D eigenvalue weighted by atomic mass is 10.1. The molecule has 0 spiro atoms. The van der Waals surface area contributed by atoms with Gasteiger partial charge in [-0.1, -0.05) is 35.5 Å². The van der Waals surface area contributed by atoms with Crippen molar-refractivity contribution in [2.24, 2.45) is 0 Å². The summed E-state index contributed by atoms with van der Waals surface area (Å²) in [5, 5.41) is 14.4. The largest absolute Gasteiger partial charge is 0.325 e. The molecule has 1 amide bonds. The average molecular weight is 396 g/mol. The summed E-state index contributed by atoms with van der Waals surface area (Å²) in [6.45, 7) is 5.87. The van der Waals surface area contributed by atoms with E-state index < -0.39 is 4.92 Å². The number of carbonyl (C=O) groups is 1. The lowest BCUT2D eigenvalue weighted by Crippen LogP contribution is -2.15.